The smallest absolute Gasteiger partial charge is 0.225 e. The van der Waals surface area contributed by atoms with Crippen LogP contribution in [-0.4, -0.2) is 44.8 Å². The molecule has 1 amide bonds. The van der Waals surface area contributed by atoms with Gasteiger partial charge in [0.05, 0.1) is 24.6 Å². The monoisotopic (exact) mass is 291 g/mol. The number of carbonyl (C=O) groups excluding carboxylic acids is 1. The van der Waals surface area contributed by atoms with Crippen LogP contribution in [0.15, 0.2) is 24.3 Å². The average Bonchev–Trinajstić information content (AvgIpc) is 2.48. The molecule has 1 unspecified atom stereocenters. The lowest BCUT2D eigenvalue weighted by molar-refractivity contribution is -0.116. The number of nitrogens with one attached hydrogen (secondary N) is 2. The van der Waals surface area contributed by atoms with Crippen molar-refractivity contribution in [3.63, 3.8) is 0 Å². The summed E-state index contributed by atoms with van der Waals surface area (Å²) < 4.78 is 5.38. The number of amides is 1. The van der Waals surface area contributed by atoms with Crippen molar-refractivity contribution in [3.05, 3.63) is 24.3 Å². The number of rotatable bonds is 6. The van der Waals surface area contributed by atoms with Gasteiger partial charge in [0.15, 0.2) is 0 Å². The van der Waals surface area contributed by atoms with E-state index < -0.39 is 0 Å². The third kappa shape index (κ3) is 4.72. The van der Waals surface area contributed by atoms with Crippen molar-refractivity contribution in [1.29, 1.82) is 0 Å². The van der Waals surface area contributed by atoms with Gasteiger partial charge < -0.3 is 20.3 Å². The minimum absolute atomic E-state index is 0.0455. The fourth-order valence-electron chi connectivity index (χ4n) is 2.56. The van der Waals surface area contributed by atoms with Crippen LogP contribution in [0, 0.1) is 0 Å². The number of hydrogen-bond donors (Lipinski definition) is 2. The van der Waals surface area contributed by atoms with Crippen molar-refractivity contribution in [2.24, 2.45) is 0 Å². The van der Waals surface area contributed by atoms with Crippen molar-refractivity contribution in [1.82, 2.24) is 5.32 Å². The van der Waals surface area contributed by atoms with Gasteiger partial charge in [0, 0.05) is 25.6 Å². The highest BCUT2D eigenvalue weighted by atomic mass is 16.5. The highest BCUT2D eigenvalue weighted by Crippen LogP contribution is 2.26. The van der Waals surface area contributed by atoms with Crippen LogP contribution in [0.1, 0.15) is 20.3 Å². The van der Waals surface area contributed by atoms with Gasteiger partial charge in [-0.15, -0.1) is 0 Å². The van der Waals surface area contributed by atoms with E-state index in [1.807, 2.05) is 32.0 Å². The number of morpholine rings is 1. The molecule has 5 heteroatoms. The van der Waals surface area contributed by atoms with Gasteiger partial charge in [-0.25, -0.2) is 0 Å². The Hall–Kier alpha value is -1.59. The normalized spacial score (nSPS) is 16.6. The number of anilines is 2. The van der Waals surface area contributed by atoms with Gasteiger partial charge in [-0.2, -0.15) is 0 Å². The molecule has 0 aromatic heterocycles. The van der Waals surface area contributed by atoms with Crippen molar-refractivity contribution < 1.29 is 9.53 Å². The molecule has 1 saturated heterocycles. The highest BCUT2D eigenvalue weighted by Gasteiger charge is 2.16. The molecule has 2 N–H and O–H groups in total. The van der Waals surface area contributed by atoms with Gasteiger partial charge in [0.1, 0.15) is 0 Å². The first kappa shape index (κ1) is 15.8. The van der Waals surface area contributed by atoms with Crippen molar-refractivity contribution in [2.75, 3.05) is 43.1 Å². The molecule has 1 atom stereocenters. The Kier molecular flexibility index (Phi) is 6.02. The lowest BCUT2D eigenvalue weighted by Crippen LogP contribution is -2.37. The number of hydrogen-bond acceptors (Lipinski definition) is 4. The van der Waals surface area contributed by atoms with E-state index in [0.717, 1.165) is 44.2 Å². The average molecular weight is 291 g/mol. The molecular formula is C16H25N3O2. The van der Waals surface area contributed by atoms with E-state index in [1.54, 1.807) is 0 Å². The summed E-state index contributed by atoms with van der Waals surface area (Å²) >= 11 is 0. The molecule has 1 heterocycles. The maximum absolute atomic E-state index is 12.1. The van der Waals surface area contributed by atoms with Crippen LogP contribution in [0.2, 0.25) is 0 Å². The fraction of sp³-hybridized carbons (Fsp3) is 0.562. The molecule has 1 aliphatic heterocycles. The number of para-hydroxylation sites is 2. The Morgan fingerprint density at radius 3 is 2.76 bits per heavy atom. The predicted octanol–water partition coefficient (Wildman–Crippen LogP) is 1.85. The van der Waals surface area contributed by atoms with Gasteiger partial charge >= 0.3 is 0 Å². The van der Waals surface area contributed by atoms with Crippen LogP contribution in [0.25, 0.3) is 0 Å². The Morgan fingerprint density at radius 2 is 2.05 bits per heavy atom. The molecule has 0 aliphatic carbocycles. The summed E-state index contributed by atoms with van der Waals surface area (Å²) in [6, 6.07) is 8.15. The van der Waals surface area contributed by atoms with Crippen LogP contribution in [-0.2, 0) is 9.53 Å². The molecule has 0 bridgehead atoms. The summed E-state index contributed by atoms with van der Waals surface area (Å²) in [5, 5.41) is 6.29. The predicted molar refractivity (Wildman–Crippen MR) is 85.9 cm³/mol. The lowest BCUT2D eigenvalue weighted by atomic mass is 10.2. The van der Waals surface area contributed by atoms with Gasteiger partial charge in [0.25, 0.3) is 0 Å². The summed E-state index contributed by atoms with van der Waals surface area (Å²) in [6.45, 7) is 8.14. The van der Waals surface area contributed by atoms with E-state index in [4.69, 9.17) is 4.74 Å². The second-order valence-electron chi connectivity index (χ2n) is 5.33. The minimum atomic E-state index is 0.0455. The summed E-state index contributed by atoms with van der Waals surface area (Å²) in [4.78, 5) is 14.4. The van der Waals surface area contributed by atoms with Gasteiger partial charge in [-0.3, -0.25) is 4.79 Å². The van der Waals surface area contributed by atoms with Crippen LogP contribution in [0.4, 0.5) is 11.4 Å². The number of ether oxygens (including phenoxy) is 1. The first-order chi connectivity index (χ1) is 10.2. The fourth-order valence-corrected chi connectivity index (χ4v) is 2.56. The van der Waals surface area contributed by atoms with Crippen LogP contribution in [0.3, 0.4) is 0 Å². The molecule has 21 heavy (non-hydrogen) atoms. The minimum Gasteiger partial charge on any atom is -0.378 e. The Labute approximate surface area is 126 Å². The molecule has 1 aliphatic rings. The van der Waals surface area contributed by atoms with E-state index >= 15 is 0 Å². The Balaban J connectivity index is 2.00. The summed E-state index contributed by atoms with van der Waals surface area (Å²) in [7, 11) is 0. The van der Waals surface area contributed by atoms with E-state index in [2.05, 4.69) is 21.6 Å². The number of nitrogens with zero attached hydrogens (tertiary/aromatic N) is 1. The first-order valence-corrected chi connectivity index (χ1v) is 7.65. The highest BCUT2D eigenvalue weighted by molar-refractivity contribution is 5.94. The molecule has 1 aromatic rings. The molecule has 1 fully saturated rings. The van der Waals surface area contributed by atoms with Gasteiger partial charge in [0.2, 0.25) is 5.91 Å². The van der Waals surface area contributed by atoms with Crippen molar-refractivity contribution >= 4 is 17.3 Å². The molecular weight excluding hydrogens is 266 g/mol. The Bertz CT molecular complexity index is 459. The van der Waals surface area contributed by atoms with Gasteiger partial charge in [-0.1, -0.05) is 19.1 Å². The number of benzene rings is 1. The standard InChI is InChI=1S/C16H25N3O2/c1-3-17-13(2)12-16(20)18-14-6-4-5-7-15(14)19-8-10-21-11-9-19/h4-7,13,17H,3,8-12H2,1-2H3,(H,18,20). The maximum atomic E-state index is 12.1. The molecule has 0 radical (unpaired) electrons. The van der Waals surface area contributed by atoms with E-state index in [1.165, 1.54) is 0 Å². The SMILES string of the molecule is CCNC(C)CC(=O)Nc1ccccc1N1CCOCC1. The van der Waals surface area contributed by atoms with Crippen LogP contribution >= 0.6 is 0 Å². The second-order valence-corrected chi connectivity index (χ2v) is 5.33. The lowest BCUT2D eigenvalue weighted by Gasteiger charge is -2.30. The first-order valence-electron chi connectivity index (χ1n) is 7.65. The quantitative estimate of drug-likeness (QED) is 0.840. The van der Waals surface area contributed by atoms with Crippen LogP contribution < -0.4 is 15.5 Å². The van der Waals surface area contributed by atoms with E-state index in [0.29, 0.717) is 6.42 Å². The zero-order chi connectivity index (χ0) is 15.1. The van der Waals surface area contributed by atoms with Crippen LogP contribution in [0.5, 0.6) is 0 Å². The third-order valence-corrected chi connectivity index (χ3v) is 3.57. The van der Waals surface area contributed by atoms with Crippen molar-refractivity contribution in [3.8, 4) is 0 Å². The van der Waals surface area contributed by atoms with Crippen molar-refractivity contribution in [2.45, 2.75) is 26.3 Å². The molecule has 2 rings (SSSR count). The Morgan fingerprint density at radius 1 is 1.33 bits per heavy atom. The molecule has 1 aromatic carbocycles. The topological polar surface area (TPSA) is 53.6 Å². The molecule has 0 saturated carbocycles. The summed E-state index contributed by atoms with van der Waals surface area (Å²) in [5.41, 5.74) is 1.96. The zero-order valence-electron chi connectivity index (χ0n) is 12.9. The third-order valence-electron chi connectivity index (χ3n) is 3.57. The summed E-state index contributed by atoms with van der Waals surface area (Å²) in [5.74, 6) is 0.0455. The second kappa shape index (κ2) is 8.00. The molecule has 0 spiro atoms. The van der Waals surface area contributed by atoms with Gasteiger partial charge in [-0.05, 0) is 25.6 Å². The summed E-state index contributed by atoms with van der Waals surface area (Å²) in [6.07, 6.45) is 0.477. The molecule has 5 nitrogen and oxygen atoms in total. The molecule has 116 valence electrons. The largest absolute Gasteiger partial charge is 0.378 e. The zero-order valence-corrected chi connectivity index (χ0v) is 12.9. The van der Waals surface area contributed by atoms with E-state index in [-0.39, 0.29) is 11.9 Å². The number of carbonyl (C=O) groups is 1. The van der Waals surface area contributed by atoms with E-state index in [9.17, 15) is 4.79 Å². The maximum Gasteiger partial charge on any atom is 0.225 e.